The summed E-state index contributed by atoms with van der Waals surface area (Å²) in [4.78, 5) is 11.7. The Kier molecular flexibility index (Phi) is 7.15. The SMILES string of the molecule is Cc1ccc(CCNC(=O)NCCCOc2ccccc2C)cc1. The Labute approximate surface area is 144 Å². The largest absolute Gasteiger partial charge is 0.493 e. The topological polar surface area (TPSA) is 50.4 Å². The van der Waals surface area contributed by atoms with E-state index >= 15 is 0 Å². The predicted molar refractivity (Wildman–Crippen MR) is 97.6 cm³/mol. The predicted octanol–water partition coefficient (Wildman–Crippen LogP) is 3.61. The molecule has 0 aromatic heterocycles. The van der Waals surface area contributed by atoms with Gasteiger partial charge in [-0.2, -0.15) is 0 Å². The Morgan fingerprint density at radius 1 is 0.958 bits per heavy atom. The summed E-state index contributed by atoms with van der Waals surface area (Å²) in [5.74, 6) is 0.903. The molecule has 0 unspecified atom stereocenters. The van der Waals surface area contributed by atoms with Crippen molar-refractivity contribution in [2.75, 3.05) is 19.7 Å². The highest BCUT2D eigenvalue weighted by molar-refractivity contribution is 5.73. The van der Waals surface area contributed by atoms with Crippen LogP contribution < -0.4 is 15.4 Å². The molecule has 2 rings (SSSR count). The van der Waals surface area contributed by atoms with Gasteiger partial charge in [0.25, 0.3) is 0 Å². The fourth-order valence-corrected chi connectivity index (χ4v) is 2.31. The number of rotatable bonds is 8. The second kappa shape index (κ2) is 9.60. The number of benzene rings is 2. The number of aryl methyl sites for hydroxylation is 2. The van der Waals surface area contributed by atoms with Crippen molar-refractivity contribution < 1.29 is 9.53 Å². The van der Waals surface area contributed by atoms with Crippen LogP contribution in [0.25, 0.3) is 0 Å². The third-order valence-corrected chi connectivity index (χ3v) is 3.78. The average molecular weight is 326 g/mol. The molecule has 4 nitrogen and oxygen atoms in total. The summed E-state index contributed by atoms with van der Waals surface area (Å²) >= 11 is 0. The van der Waals surface area contributed by atoms with Crippen LogP contribution in [-0.4, -0.2) is 25.7 Å². The molecule has 2 amide bonds. The number of urea groups is 1. The summed E-state index contributed by atoms with van der Waals surface area (Å²) < 4.78 is 5.70. The molecule has 0 spiro atoms. The van der Waals surface area contributed by atoms with Crippen molar-refractivity contribution in [2.45, 2.75) is 26.7 Å². The highest BCUT2D eigenvalue weighted by Gasteiger charge is 2.01. The van der Waals surface area contributed by atoms with Crippen LogP contribution in [0, 0.1) is 13.8 Å². The Morgan fingerprint density at radius 3 is 2.42 bits per heavy atom. The zero-order valence-corrected chi connectivity index (χ0v) is 14.5. The van der Waals surface area contributed by atoms with E-state index in [1.807, 2.05) is 31.2 Å². The van der Waals surface area contributed by atoms with Gasteiger partial charge in [-0.3, -0.25) is 0 Å². The molecule has 0 saturated heterocycles. The van der Waals surface area contributed by atoms with Gasteiger partial charge in [-0.1, -0.05) is 48.0 Å². The van der Waals surface area contributed by atoms with Gasteiger partial charge in [-0.05, 0) is 43.9 Å². The molecule has 0 heterocycles. The van der Waals surface area contributed by atoms with Crippen molar-refractivity contribution in [2.24, 2.45) is 0 Å². The second-order valence-electron chi connectivity index (χ2n) is 5.89. The van der Waals surface area contributed by atoms with E-state index < -0.39 is 0 Å². The van der Waals surface area contributed by atoms with Crippen molar-refractivity contribution in [3.8, 4) is 5.75 Å². The maximum Gasteiger partial charge on any atom is 0.314 e. The van der Waals surface area contributed by atoms with Gasteiger partial charge in [0.15, 0.2) is 0 Å². The fourth-order valence-electron chi connectivity index (χ4n) is 2.31. The van der Waals surface area contributed by atoms with Crippen molar-refractivity contribution in [3.05, 3.63) is 65.2 Å². The Morgan fingerprint density at radius 2 is 1.67 bits per heavy atom. The maximum absolute atomic E-state index is 11.7. The van der Waals surface area contributed by atoms with Crippen LogP contribution in [0.1, 0.15) is 23.1 Å². The highest BCUT2D eigenvalue weighted by Crippen LogP contribution is 2.15. The maximum atomic E-state index is 11.7. The van der Waals surface area contributed by atoms with Crippen LogP contribution in [0.5, 0.6) is 5.75 Å². The van der Waals surface area contributed by atoms with Gasteiger partial charge in [-0.15, -0.1) is 0 Å². The van der Waals surface area contributed by atoms with Gasteiger partial charge in [0.05, 0.1) is 6.61 Å². The first-order chi connectivity index (χ1) is 11.6. The molecule has 0 bridgehead atoms. The van der Waals surface area contributed by atoms with E-state index in [1.165, 1.54) is 11.1 Å². The molecule has 0 aliphatic heterocycles. The molecule has 24 heavy (non-hydrogen) atoms. The van der Waals surface area contributed by atoms with Gasteiger partial charge in [0.1, 0.15) is 5.75 Å². The quantitative estimate of drug-likeness (QED) is 0.728. The van der Waals surface area contributed by atoms with Crippen molar-refractivity contribution in [1.29, 1.82) is 0 Å². The van der Waals surface area contributed by atoms with Crippen LogP contribution in [-0.2, 0) is 6.42 Å². The van der Waals surface area contributed by atoms with E-state index in [0.29, 0.717) is 19.7 Å². The Bertz CT molecular complexity index is 638. The van der Waals surface area contributed by atoms with Gasteiger partial charge in [0, 0.05) is 13.1 Å². The molecule has 0 fully saturated rings. The number of carbonyl (C=O) groups excluding carboxylic acids is 1. The first-order valence-electron chi connectivity index (χ1n) is 8.41. The number of carbonyl (C=O) groups is 1. The molecule has 0 saturated carbocycles. The molecule has 2 aromatic rings. The number of hydrogen-bond acceptors (Lipinski definition) is 2. The van der Waals surface area contributed by atoms with E-state index in [9.17, 15) is 4.79 Å². The number of hydrogen-bond donors (Lipinski definition) is 2. The van der Waals surface area contributed by atoms with Gasteiger partial charge < -0.3 is 15.4 Å². The zero-order valence-electron chi connectivity index (χ0n) is 14.5. The first-order valence-corrected chi connectivity index (χ1v) is 8.41. The molecule has 0 atom stereocenters. The average Bonchev–Trinajstić information content (AvgIpc) is 2.58. The van der Waals surface area contributed by atoms with Crippen LogP contribution in [0.15, 0.2) is 48.5 Å². The first kappa shape index (κ1) is 17.9. The van der Waals surface area contributed by atoms with Crippen LogP contribution in [0.2, 0.25) is 0 Å². The minimum atomic E-state index is -0.127. The monoisotopic (exact) mass is 326 g/mol. The lowest BCUT2D eigenvalue weighted by Gasteiger charge is -2.10. The van der Waals surface area contributed by atoms with E-state index in [-0.39, 0.29) is 6.03 Å². The lowest BCUT2D eigenvalue weighted by molar-refractivity contribution is 0.239. The number of para-hydroxylation sites is 1. The van der Waals surface area contributed by atoms with E-state index in [2.05, 4.69) is 41.8 Å². The molecule has 0 aliphatic carbocycles. The van der Waals surface area contributed by atoms with E-state index in [4.69, 9.17) is 4.74 Å². The van der Waals surface area contributed by atoms with Crippen LogP contribution in [0.4, 0.5) is 4.79 Å². The molecule has 128 valence electrons. The van der Waals surface area contributed by atoms with Gasteiger partial charge in [0.2, 0.25) is 0 Å². The molecule has 2 N–H and O–H groups in total. The smallest absolute Gasteiger partial charge is 0.314 e. The Hall–Kier alpha value is -2.49. The fraction of sp³-hybridized carbons (Fsp3) is 0.350. The molecule has 0 aliphatic rings. The minimum Gasteiger partial charge on any atom is -0.493 e. The lowest BCUT2D eigenvalue weighted by Crippen LogP contribution is -2.37. The third kappa shape index (κ3) is 6.32. The summed E-state index contributed by atoms with van der Waals surface area (Å²) in [6.07, 6.45) is 1.61. The highest BCUT2D eigenvalue weighted by atomic mass is 16.5. The van der Waals surface area contributed by atoms with Crippen LogP contribution >= 0.6 is 0 Å². The normalized spacial score (nSPS) is 10.2. The van der Waals surface area contributed by atoms with Gasteiger partial charge >= 0.3 is 6.03 Å². The molecular formula is C20H26N2O2. The molecule has 4 heteroatoms. The molecule has 0 radical (unpaired) electrons. The lowest BCUT2D eigenvalue weighted by atomic mass is 10.1. The standard InChI is InChI=1S/C20H26N2O2/c1-16-8-10-18(11-9-16)12-14-22-20(23)21-13-5-15-24-19-7-4-3-6-17(19)2/h3-4,6-11H,5,12-15H2,1-2H3,(H2,21,22,23). The summed E-state index contributed by atoms with van der Waals surface area (Å²) in [6, 6.07) is 16.2. The third-order valence-electron chi connectivity index (χ3n) is 3.78. The summed E-state index contributed by atoms with van der Waals surface area (Å²) in [5, 5.41) is 5.72. The summed E-state index contributed by atoms with van der Waals surface area (Å²) in [7, 11) is 0. The zero-order chi connectivity index (χ0) is 17.2. The van der Waals surface area contributed by atoms with E-state index in [1.54, 1.807) is 0 Å². The van der Waals surface area contributed by atoms with Crippen molar-refractivity contribution in [1.82, 2.24) is 10.6 Å². The number of nitrogens with one attached hydrogen (secondary N) is 2. The summed E-state index contributed by atoms with van der Waals surface area (Å²) in [6.45, 7) is 5.92. The van der Waals surface area contributed by atoms with E-state index in [0.717, 1.165) is 24.2 Å². The van der Waals surface area contributed by atoms with Crippen molar-refractivity contribution >= 4 is 6.03 Å². The molecular weight excluding hydrogens is 300 g/mol. The van der Waals surface area contributed by atoms with Crippen molar-refractivity contribution in [3.63, 3.8) is 0 Å². The van der Waals surface area contributed by atoms with Crippen LogP contribution in [0.3, 0.4) is 0 Å². The minimum absolute atomic E-state index is 0.127. The second-order valence-corrected chi connectivity index (χ2v) is 5.89. The summed E-state index contributed by atoms with van der Waals surface area (Å²) in [5.41, 5.74) is 3.60. The molecule has 2 aromatic carbocycles. The Balaban J connectivity index is 1.53. The number of ether oxygens (including phenoxy) is 1. The van der Waals surface area contributed by atoms with Gasteiger partial charge in [-0.25, -0.2) is 4.79 Å². The number of amides is 2.